The second-order valence-corrected chi connectivity index (χ2v) is 4.94. The number of ether oxygens (including phenoxy) is 1. The molecule has 1 unspecified atom stereocenters. The fraction of sp³-hybridized carbons (Fsp3) is 0.500. The summed E-state index contributed by atoms with van der Waals surface area (Å²) in [6.07, 6.45) is 1.93. The number of hydrogen-bond acceptors (Lipinski definition) is 3. The van der Waals surface area contributed by atoms with Crippen LogP contribution in [-0.2, 0) is 11.2 Å². The zero-order valence-electron chi connectivity index (χ0n) is 11.0. The van der Waals surface area contributed by atoms with E-state index in [1.54, 1.807) is 0 Å². The Balaban J connectivity index is 1.87. The van der Waals surface area contributed by atoms with Crippen LogP contribution < -0.4 is 5.32 Å². The summed E-state index contributed by atoms with van der Waals surface area (Å²) in [5.74, 6) is 0. The fourth-order valence-electron chi connectivity index (χ4n) is 2.08. The zero-order valence-corrected chi connectivity index (χ0v) is 11.0. The molecule has 1 aliphatic heterocycles. The van der Waals surface area contributed by atoms with Gasteiger partial charge in [0.2, 0.25) is 0 Å². The number of rotatable bonds is 5. The number of cyclic esters (lactones) is 1. The first-order valence-corrected chi connectivity index (χ1v) is 6.32. The lowest BCUT2D eigenvalue weighted by atomic mass is 10.0. The molecule has 0 aromatic heterocycles. The Morgan fingerprint density at radius 1 is 1.33 bits per heavy atom. The molecule has 1 heterocycles. The van der Waals surface area contributed by atoms with Crippen LogP contribution in [0.2, 0.25) is 0 Å². The first-order valence-electron chi connectivity index (χ1n) is 6.32. The molecule has 1 aliphatic rings. The Morgan fingerprint density at radius 3 is 2.61 bits per heavy atom. The lowest BCUT2D eigenvalue weighted by Gasteiger charge is -2.10. The van der Waals surface area contributed by atoms with Crippen LogP contribution in [0, 0.1) is 0 Å². The summed E-state index contributed by atoms with van der Waals surface area (Å²) >= 11 is 0. The molecule has 4 heteroatoms. The summed E-state index contributed by atoms with van der Waals surface area (Å²) < 4.78 is 4.89. The quantitative estimate of drug-likeness (QED) is 0.866. The largest absolute Gasteiger partial charge is 0.447 e. The maximum absolute atomic E-state index is 11.0. The Labute approximate surface area is 108 Å². The van der Waals surface area contributed by atoms with Crippen molar-refractivity contribution in [1.29, 1.82) is 0 Å². The molecule has 1 fully saturated rings. The molecule has 0 radical (unpaired) electrons. The van der Waals surface area contributed by atoms with Crippen molar-refractivity contribution in [3.05, 3.63) is 35.4 Å². The van der Waals surface area contributed by atoms with Gasteiger partial charge in [-0.3, -0.25) is 0 Å². The van der Waals surface area contributed by atoms with Gasteiger partial charge in [0.15, 0.2) is 0 Å². The molecule has 4 nitrogen and oxygen atoms in total. The second kappa shape index (κ2) is 5.87. The maximum atomic E-state index is 11.0. The summed E-state index contributed by atoms with van der Waals surface area (Å²) in [6, 6.07) is 8.42. The third-order valence-electron chi connectivity index (χ3n) is 3.13. The van der Waals surface area contributed by atoms with Gasteiger partial charge in [-0.25, -0.2) is 4.79 Å². The second-order valence-electron chi connectivity index (χ2n) is 4.94. The minimum atomic E-state index is -0.324. The van der Waals surface area contributed by atoms with E-state index in [9.17, 15) is 4.79 Å². The number of nitrogens with zero attached hydrogens (tertiary/aromatic N) is 1. The third kappa shape index (κ3) is 3.47. The minimum Gasteiger partial charge on any atom is -0.447 e. The van der Waals surface area contributed by atoms with Crippen LogP contribution in [0.25, 0.3) is 0 Å². The predicted molar refractivity (Wildman–Crippen MR) is 70.5 cm³/mol. The molecule has 0 bridgehead atoms. The van der Waals surface area contributed by atoms with Gasteiger partial charge in [0.25, 0.3) is 0 Å². The van der Waals surface area contributed by atoms with Gasteiger partial charge < -0.3 is 15.0 Å². The average Bonchev–Trinajstić information content (AvgIpc) is 2.76. The van der Waals surface area contributed by atoms with E-state index in [0.717, 1.165) is 24.9 Å². The van der Waals surface area contributed by atoms with Crippen molar-refractivity contribution in [2.75, 3.05) is 27.2 Å². The average molecular weight is 248 g/mol. The van der Waals surface area contributed by atoms with E-state index in [-0.39, 0.29) is 12.1 Å². The molecular weight excluding hydrogens is 228 g/mol. The molecule has 1 atom stereocenters. The highest BCUT2D eigenvalue weighted by Gasteiger charge is 2.23. The highest BCUT2D eigenvalue weighted by atomic mass is 16.6. The van der Waals surface area contributed by atoms with Crippen molar-refractivity contribution in [3.63, 3.8) is 0 Å². The number of nitrogens with one attached hydrogen (secondary N) is 1. The van der Waals surface area contributed by atoms with Crippen LogP contribution >= 0.6 is 0 Å². The van der Waals surface area contributed by atoms with Gasteiger partial charge in [-0.2, -0.15) is 0 Å². The summed E-state index contributed by atoms with van der Waals surface area (Å²) in [4.78, 5) is 13.2. The van der Waals surface area contributed by atoms with Gasteiger partial charge in [-0.05, 0) is 44.6 Å². The highest BCUT2D eigenvalue weighted by Crippen LogP contribution is 2.18. The number of carbonyl (C=O) groups excluding carboxylic acids is 1. The van der Waals surface area contributed by atoms with Gasteiger partial charge in [0, 0.05) is 0 Å². The Morgan fingerprint density at radius 2 is 2.06 bits per heavy atom. The Kier molecular flexibility index (Phi) is 4.20. The first kappa shape index (κ1) is 12.9. The lowest BCUT2D eigenvalue weighted by molar-refractivity contribution is 0.177. The van der Waals surface area contributed by atoms with E-state index in [0.29, 0.717) is 6.61 Å². The van der Waals surface area contributed by atoms with Crippen molar-refractivity contribution < 1.29 is 9.53 Å². The van der Waals surface area contributed by atoms with Crippen LogP contribution in [0.1, 0.15) is 23.6 Å². The number of amides is 1. The highest BCUT2D eigenvalue weighted by molar-refractivity contribution is 5.70. The number of alkyl carbamates (subject to hydrolysis) is 1. The monoisotopic (exact) mass is 248 g/mol. The number of aryl methyl sites for hydroxylation is 1. The predicted octanol–water partition coefficient (Wildman–Crippen LogP) is 1.96. The summed E-state index contributed by atoms with van der Waals surface area (Å²) in [5.41, 5.74) is 2.45. The van der Waals surface area contributed by atoms with Gasteiger partial charge in [-0.15, -0.1) is 0 Å². The Hall–Kier alpha value is -1.55. The molecule has 1 aromatic rings. The lowest BCUT2D eigenvalue weighted by Crippen LogP contribution is -2.18. The minimum absolute atomic E-state index is 0.00771. The van der Waals surface area contributed by atoms with E-state index < -0.39 is 0 Å². The Bertz CT molecular complexity index is 401. The zero-order chi connectivity index (χ0) is 13.0. The van der Waals surface area contributed by atoms with Crippen molar-refractivity contribution >= 4 is 6.09 Å². The standard InChI is InChI=1S/C14H20N2O2/c1-16(2)9-3-4-11-5-7-12(8-6-11)13-10-18-14(17)15-13/h5-8,13H,3-4,9-10H2,1-2H3,(H,15,17). The third-order valence-corrected chi connectivity index (χ3v) is 3.13. The topological polar surface area (TPSA) is 41.6 Å². The maximum Gasteiger partial charge on any atom is 0.407 e. The van der Waals surface area contributed by atoms with Gasteiger partial charge in [0.1, 0.15) is 6.61 Å². The SMILES string of the molecule is CN(C)CCCc1ccc(C2COC(=O)N2)cc1. The molecule has 1 aromatic carbocycles. The van der Waals surface area contributed by atoms with E-state index in [1.807, 2.05) is 0 Å². The summed E-state index contributed by atoms with van der Waals surface area (Å²) in [5, 5.41) is 2.78. The van der Waals surface area contributed by atoms with Gasteiger partial charge in [-0.1, -0.05) is 24.3 Å². The molecule has 98 valence electrons. The smallest absolute Gasteiger partial charge is 0.407 e. The molecular formula is C14H20N2O2. The van der Waals surface area contributed by atoms with Crippen LogP contribution in [0.5, 0.6) is 0 Å². The molecule has 0 saturated carbocycles. The summed E-state index contributed by atoms with van der Waals surface area (Å²) in [6.45, 7) is 1.53. The molecule has 1 saturated heterocycles. The van der Waals surface area contributed by atoms with Crippen LogP contribution in [0.3, 0.4) is 0 Å². The van der Waals surface area contributed by atoms with Crippen molar-refractivity contribution in [3.8, 4) is 0 Å². The van der Waals surface area contributed by atoms with Crippen LogP contribution in [0.4, 0.5) is 4.79 Å². The molecule has 1 N–H and O–H groups in total. The molecule has 2 rings (SSSR count). The number of carbonyl (C=O) groups is 1. The normalized spacial score (nSPS) is 18.8. The molecule has 0 aliphatic carbocycles. The number of benzene rings is 1. The number of hydrogen-bond donors (Lipinski definition) is 1. The van der Waals surface area contributed by atoms with Crippen molar-refractivity contribution in [2.45, 2.75) is 18.9 Å². The van der Waals surface area contributed by atoms with Gasteiger partial charge >= 0.3 is 6.09 Å². The van der Waals surface area contributed by atoms with Crippen molar-refractivity contribution in [2.24, 2.45) is 0 Å². The van der Waals surface area contributed by atoms with Gasteiger partial charge in [0.05, 0.1) is 6.04 Å². The first-order chi connectivity index (χ1) is 8.65. The molecule has 1 amide bonds. The van der Waals surface area contributed by atoms with E-state index >= 15 is 0 Å². The molecule has 18 heavy (non-hydrogen) atoms. The van der Waals surface area contributed by atoms with E-state index in [1.165, 1.54) is 5.56 Å². The molecule has 0 spiro atoms. The van der Waals surface area contributed by atoms with Crippen molar-refractivity contribution in [1.82, 2.24) is 10.2 Å². The fourth-order valence-corrected chi connectivity index (χ4v) is 2.08. The van der Waals surface area contributed by atoms with E-state index in [4.69, 9.17) is 4.74 Å². The van der Waals surface area contributed by atoms with E-state index in [2.05, 4.69) is 48.6 Å². The summed E-state index contributed by atoms with van der Waals surface area (Å²) in [7, 11) is 4.18. The van der Waals surface area contributed by atoms with Crippen LogP contribution in [0.15, 0.2) is 24.3 Å². The van der Waals surface area contributed by atoms with Crippen LogP contribution in [-0.4, -0.2) is 38.2 Å².